The van der Waals surface area contributed by atoms with Gasteiger partial charge in [-0.2, -0.15) is 0 Å². The number of carbonyl (C=O) groups excluding carboxylic acids is 1. The Morgan fingerprint density at radius 3 is 2.55 bits per heavy atom. The van der Waals surface area contributed by atoms with Crippen LogP contribution in [0.1, 0.15) is 36.1 Å². The van der Waals surface area contributed by atoms with Crippen LogP contribution in [-0.2, 0) is 11.2 Å². The molecular weight excluding hydrogens is 470 g/mol. The maximum absolute atomic E-state index is 13.1. The van der Waals surface area contributed by atoms with Gasteiger partial charge in [0.15, 0.2) is 0 Å². The largest absolute Gasteiger partial charge is 0.493 e. The van der Waals surface area contributed by atoms with Gasteiger partial charge in [-0.1, -0.05) is 60.2 Å². The summed E-state index contributed by atoms with van der Waals surface area (Å²) >= 11 is 0. The highest BCUT2D eigenvalue weighted by atomic mass is 16.5. The van der Waals surface area contributed by atoms with Crippen molar-refractivity contribution in [3.8, 4) is 28.0 Å². The highest BCUT2D eigenvalue weighted by Gasteiger charge is 2.19. The van der Waals surface area contributed by atoms with E-state index in [9.17, 15) is 4.79 Å². The molecule has 38 heavy (non-hydrogen) atoms. The number of ether oxygens (including phenoxy) is 1. The summed E-state index contributed by atoms with van der Waals surface area (Å²) in [6.07, 6.45) is 4.31. The third-order valence-corrected chi connectivity index (χ3v) is 7.17. The van der Waals surface area contributed by atoms with Gasteiger partial charge in [0.05, 0.1) is 12.9 Å². The molecule has 0 fully saturated rings. The summed E-state index contributed by atoms with van der Waals surface area (Å²) in [5.41, 5.74) is 11.6. The van der Waals surface area contributed by atoms with Crippen LogP contribution >= 0.6 is 0 Å². The molecule has 4 nitrogen and oxygen atoms in total. The Balaban J connectivity index is 1.30. The van der Waals surface area contributed by atoms with Crippen molar-refractivity contribution in [1.82, 2.24) is 0 Å². The number of nitrogens with one attached hydrogen (secondary N) is 1. The van der Waals surface area contributed by atoms with Gasteiger partial charge >= 0.3 is 0 Å². The zero-order valence-corrected chi connectivity index (χ0v) is 21.8. The van der Waals surface area contributed by atoms with Crippen molar-refractivity contribution in [1.29, 1.82) is 0 Å². The van der Waals surface area contributed by atoms with E-state index in [-0.39, 0.29) is 5.91 Å². The SMILES string of the molecule is CCOc1cc2occ(-c3ccc(C)cc3)c2cc1/C(C)=C/C(=O)Nc1ccc2c(c1)Cc1ccccc1-2. The highest BCUT2D eigenvalue weighted by Crippen LogP contribution is 2.39. The third-order valence-electron chi connectivity index (χ3n) is 7.17. The third kappa shape index (κ3) is 4.39. The summed E-state index contributed by atoms with van der Waals surface area (Å²) < 4.78 is 11.8. The molecule has 188 valence electrons. The van der Waals surface area contributed by atoms with Crippen LogP contribution in [0.2, 0.25) is 0 Å². The molecule has 1 aromatic heterocycles. The van der Waals surface area contributed by atoms with E-state index in [1.807, 2.05) is 26.0 Å². The lowest BCUT2D eigenvalue weighted by atomic mass is 9.98. The van der Waals surface area contributed by atoms with Crippen LogP contribution in [0.4, 0.5) is 5.69 Å². The van der Waals surface area contributed by atoms with Gasteiger partial charge in [-0.25, -0.2) is 0 Å². The average Bonchev–Trinajstić information content (AvgIpc) is 3.49. The van der Waals surface area contributed by atoms with E-state index < -0.39 is 0 Å². The Kier molecular flexibility index (Phi) is 6.09. The second kappa shape index (κ2) is 9.71. The lowest BCUT2D eigenvalue weighted by Gasteiger charge is -2.12. The molecule has 1 aliphatic carbocycles. The fourth-order valence-electron chi connectivity index (χ4n) is 5.27. The van der Waals surface area contributed by atoms with Crippen molar-refractivity contribution in [3.05, 3.63) is 113 Å². The summed E-state index contributed by atoms with van der Waals surface area (Å²) in [6, 6.07) is 27.0. The Morgan fingerprint density at radius 1 is 0.947 bits per heavy atom. The zero-order chi connectivity index (χ0) is 26.2. The van der Waals surface area contributed by atoms with Crippen LogP contribution < -0.4 is 10.1 Å². The summed E-state index contributed by atoms with van der Waals surface area (Å²) in [4.78, 5) is 13.1. The first-order chi connectivity index (χ1) is 18.5. The highest BCUT2D eigenvalue weighted by molar-refractivity contribution is 6.05. The number of hydrogen-bond acceptors (Lipinski definition) is 3. The fourth-order valence-corrected chi connectivity index (χ4v) is 5.27. The Labute approximate surface area is 222 Å². The molecule has 1 aliphatic rings. The minimum atomic E-state index is -0.175. The normalized spacial score (nSPS) is 12.3. The van der Waals surface area contributed by atoms with Crippen LogP contribution in [0.15, 0.2) is 95.6 Å². The smallest absolute Gasteiger partial charge is 0.248 e. The van der Waals surface area contributed by atoms with E-state index in [1.165, 1.54) is 27.8 Å². The maximum atomic E-state index is 13.1. The van der Waals surface area contributed by atoms with Crippen molar-refractivity contribution < 1.29 is 13.9 Å². The molecule has 0 spiro atoms. The number of anilines is 1. The Bertz CT molecular complexity index is 1710. The standard InChI is InChI=1S/C34H29NO3/c1-4-37-32-19-33-30(31(20-38-33)23-11-9-21(2)10-12-23)18-29(32)22(3)15-34(36)35-26-13-14-28-25(17-26)16-24-7-5-6-8-27(24)28/h5-15,17-20H,4,16H2,1-3H3,(H,35,36)/b22-15+. The Hall–Kier alpha value is -4.57. The van der Waals surface area contributed by atoms with Gasteiger partial charge in [0.1, 0.15) is 11.3 Å². The number of fused-ring (bicyclic) bond motifs is 4. The van der Waals surface area contributed by atoms with Gasteiger partial charge < -0.3 is 14.5 Å². The number of furan rings is 1. The summed E-state index contributed by atoms with van der Waals surface area (Å²) in [5, 5.41) is 4.04. The zero-order valence-electron chi connectivity index (χ0n) is 21.8. The van der Waals surface area contributed by atoms with E-state index in [0.29, 0.717) is 12.4 Å². The molecule has 1 amide bonds. The number of aryl methyl sites for hydroxylation is 1. The summed E-state index contributed by atoms with van der Waals surface area (Å²) in [6.45, 7) is 6.48. The number of allylic oxidation sites excluding steroid dienone is 1. The predicted molar refractivity (Wildman–Crippen MR) is 155 cm³/mol. The number of rotatable bonds is 6. The monoisotopic (exact) mass is 499 g/mol. The van der Waals surface area contributed by atoms with Crippen molar-refractivity contribution in [3.63, 3.8) is 0 Å². The number of hydrogen-bond donors (Lipinski definition) is 1. The van der Waals surface area contributed by atoms with Crippen molar-refractivity contribution >= 4 is 28.1 Å². The molecule has 6 rings (SSSR count). The maximum Gasteiger partial charge on any atom is 0.248 e. The van der Waals surface area contributed by atoms with E-state index in [2.05, 4.69) is 79.0 Å². The topological polar surface area (TPSA) is 51.5 Å². The molecule has 0 saturated heterocycles. The molecule has 4 heteroatoms. The van der Waals surface area contributed by atoms with E-state index >= 15 is 0 Å². The van der Waals surface area contributed by atoms with Crippen molar-refractivity contribution in [2.75, 3.05) is 11.9 Å². The molecule has 1 heterocycles. The molecule has 0 bridgehead atoms. The van der Waals surface area contributed by atoms with Crippen LogP contribution in [0.3, 0.4) is 0 Å². The first-order valence-corrected chi connectivity index (χ1v) is 13.0. The fraction of sp³-hybridized carbons (Fsp3) is 0.147. The van der Waals surface area contributed by atoms with Gasteiger partial charge in [0, 0.05) is 34.3 Å². The first-order valence-electron chi connectivity index (χ1n) is 13.0. The molecule has 0 aliphatic heterocycles. The molecular formula is C34H29NO3. The molecule has 4 aromatic carbocycles. The van der Waals surface area contributed by atoms with Gasteiger partial charge in [-0.3, -0.25) is 4.79 Å². The summed E-state index contributed by atoms with van der Waals surface area (Å²) in [7, 11) is 0. The van der Waals surface area contributed by atoms with Crippen molar-refractivity contribution in [2.45, 2.75) is 27.2 Å². The molecule has 0 radical (unpaired) electrons. The van der Waals surface area contributed by atoms with E-state index in [4.69, 9.17) is 9.15 Å². The molecule has 1 N–H and O–H groups in total. The first kappa shape index (κ1) is 23.8. The minimum Gasteiger partial charge on any atom is -0.493 e. The predicted octanol–water partition coefficient (Wildman–Crippen LogP) is 8.42. The minimum absolute atomic E-state index is 0.175. The molecule has 5 aromatic rings. The average molecular weight is 500 g/mol. The molecule has 0 unspecified atom stereocenters. The van der Waals surface area contributed by atoms with Crippen molar-refractivity contribution in [2.24, 2.45) is 0 Å². The number of amides is 1. The van der Waals surface area contributed by atoms with Crippen LogP contribution in [-0.4, -0.2) is 12.5 Å². The van der Waals surface area contributed by atoms with Crippen LogP contribution in [0, 0.1) is 6.92 Å². The lowest BCUT2D eigenvalue weighted by Crippen LogP contribution is -2.09. The quantitative estimate of drug-likeness (QED) is 0.234. The second-order valence-corrected chi connectivity index (χ2v) is 9.82. The van der Waals surface area contributed by atoms with E-state index in [0.717, 1.165) is 45.3 Å². The second-order valence-electron chi connectivity index (χ2n) is 9.82. The van der Waals surface area contributed by atoms with Crippen LogP contribution in [0.25, 0.3) is 38.8 Å². The number of carbonyl (C=O) groups is 1. The number of benzene rings is 4. The molecule has 0 saturated carbocycles. The van der Waals surface area contributed by atoms with Gasteiger partial charge in [-0.15, -0.1) is 0 Å². The molecule has 0 atom stereocenters. The van der Waals surface area contributed by atoms with Gasteiger partial charge in [0.25, 0.3) is 0 Å². The van der Waals surface area contributed by atoms with Gasteiger partial charge in [0.2, 0.25) is 5.91 Å². The van der Waals surface area contributed by atoms with Crippen LogP contribution in [0.5, 0.6) is 5.75 Å². The summed E-state index contributed by atoms with van der Waals surface area (Å²) in [5.74, 6) is 0.521. The Morgan fingerprint density at radius 2 is 1.74 bits per heavy atom. The van der Waals surface area contributed by atoms with E-state index in [1.54, 1.807) is 12.3 Å². The lowest BCUT2D eigenvalue weighted by molar-refractivity contribution is -0.111. The van der Waals surface area contributed by atoms with Gasteiger partial charge in [-0.05, 0) is 78.8 Å².